The zero-order chi connectivity index (χ0) is 12.8. The second-order valence-electron chi connectivity index (χ2n) is 4.23. The summed E-state index contributed by atoms with van der Waals surface area (Å²) in [7, 11) is 0. The number of amides is 2. The molecule has 0 spiro atoms. The Morgan fingerprint density at radius 3 is 2.41 bits per heavy atom. The van der Waals surface area contributed by atoms with Crippen molar-refractivity contribution in [2.45, 2.75) is 19.4 Å². The second kappa shape index (κ2) is 3.38. The third kappa shape index (κ3) is 1.41. The highest BCUT2D eigenvalue weighted by atomic mass is 16.4. The minimum absolute atomic E-state index is 0.145. The van der Waals surface area contributed by atoms with Crippen molar-refractivity contribution in [3.63, 3.8) is 0 Å². The van der Waals surface area contributed by atoms with E-state index in [0.29, 0.717) is 0 Å². The van der Waals surface area contributed by atoms with Gasteiger partial charge in [-0.05, 0) is 19.9 Å². The molecule has 2 heterocycles. The topological polar surface area (TPSA) is 87.6 Å². The molecule has 1 aliphatic rings. The van der Waals surface area contributed by atoms with Crippen molar-refractivity contribution < 1.29 is 19.5 Å². The second-order valence-corrected chi connectivity index (χ2v) is 4.23. The number of aromatic nitrogens is 1. The van der Waals surface area contributed by atoms with Gasteiger partial charge in [0.2, 0.25) is 0 Å². The summed E-state index contributed by atoms with van der Waals surface area (Å²) >= 11 is 0. The summed E-state index contributed by atoms with van der Waals surface area (Å²) < 4.78 is 0. The SMILES string of the molecule is CC(C)(C(=O)O)N1C(=O)c2ccncc2C1=O. The number of imide groups is 1. The van der Waals surface area contributed by atoms with Crippen LogP contribution in [0, 0.1) is 0 Å². The van der Waals surface area contributed by atoms with Crippen molar-refractivity contribution in [3.05, 3.63) is 29.6 Å². The molecule has 2 amide bonds. The molecule has 0 saturated carbocycles. The predicted octanol–water partition coefficient (Wildman–Crippen LogP) is 0.541. The van der Waals surface area contributed by atoms with E-state index in [2.05, 4.69) is 4.98 Å². The summed E-state index contributed by atoms with van der Waals surface area (Å²) in [5.74, 6) is -2.45. The van der Waals surface area contributed by atoms with Gasteiger partial charge in [-0.3, -0.25) is 19.5 Å². The van der Waals surface area contributed by atoms with Crippen LogP contribution in [0.5, 0.6) is 0 Å². The van der Waals surface area contributed by atoms with Crippen LogP contribution in [0.4, 0.5) is 0 Å². The number of rotatable bonds is 2. The van der Waals surface area contributed by atoms with Crippen molar-refractivity contribution in [2.75, 3.05) is 0 Å². The number of pyridine rings is 1. The van der Waals surface area contributed by atoms with Crippen LogP contribution >= 0.6 is 0 Å². The first-order chi connectivity index (χ1) is 7.87. The van der Waals surface area contributed by atoms with Gasteiger partial charge in [0.25, 0.3) is 11.8 Å². The lowest BCUT2D eigenvalue weighted by Crippen LogP contribution is -2.52. The number of carboxylic acid groups (broad SMARTS) is 1. The van der Waals surface area contributed by atoms with Crippen molar-refractivity contribution in [1.82, 2.24) is 9.88 Å². The molecule has 0 fully saturated rings. The van der Waals surface area contributed by atoms with Gasteiger partial charge in [0.1, 0.15) is 5.54 Å². The monoisotopic (exact) mass is 234 g/mol. The first-order valence-corrected chi connectivity index (χ1v) is 4.93. The Bertz CT molecular complexity index is 501. The van der Waals surface area contributed by atoms with E-state index in [9.17, 15) is 14.4 Å². The molecule has 0 aliphatic carbocycles. The molecule has 6 nitrogen and oxygen atoms in total. The Kier molecular flexibility index (Phi) is 2.23. The van der Waals surface area contributed by atoms with Crippen LogP contribution in [0.3, 0.4) is 0 Å². The van der Waals surface area contributed by atoms with Gasteiger partial charge in [0.15, 0.2) is 0 Å². The van der Waals surface area contributed by atoms with Crippen molar-refractivity contribution in [3.8, 4) is 0 Å². The number of hydrogen-bond donors (Lipinski definition) is 1. The van der Waals surface area contributed by atoms with Crippen molar-refractivity contribution >= 4 is 17.8 Å². The van der Waals surface area contributed by atoms with Gasteiger partial charge >= 0.3 is 5.97 Å². The van der Waals surface area contributed by atoms with Gasteiger partial charge in [0, 0.05) is 12.4 Å². The minimum atomic E-state index is -1.58. The molecule has 0 radical (unpaired) electrons. The van der Waals surface area contributed by atoms with E-state index in [4.69, 9.17) is 5.11 Å². The Labute approximate surface area is 96.9 Å². The quantitative estimate of drug-likeness (QED) is 0.754. The fourth-order valence-corrected chi connectivity index (χ4v) is 1.69. The molecule has 0 atom stereocenters. The summed E-state index contributed by atoms with van der Waals surface area (Å²) in [4.78, 5) is 39.5. The Balaban J connectivity index is 2.54. The van der Waals surface area contributed by atoms with Gasteiger partial charge in [-0.1, -0.05) is 0 Å². The highest BCUT2D eigenvalue weighted by molar-refractivity contribution is 6.23. The summed E-state index contributed by atoms with van der Waals surface area (Å²) in [5, 5.41) is 9.05. The van der Waals surface area contributed by atoms with Crippen molar-refractivity contribution in [1.29, 1.82) is 0 Å². The van der Waals surface area contributed by atoms with Crippen LogP contribution in [0.25, 0.3) is 0 Å². The zero-order valence-electron chi connectivity index (χ0n) is 9.30. The van der Waals surface area contributed by atoms with E-state index in [1.54, 1.807) is 0 Å². The predicted molar refractivity (Wildman–Crippen MR) is 56.5 cm³/mol. The van der Waals surface area contributed by atoms with Crippen LogP contribution in [-0.2, 0) is 4.79 Å². The molecule has 17 heavy (non-hydrogen) atoms. The molecule has 1 aromatic heterocycles. The molecule has 0 saturated heterocycles. The lowest BCUT2D eigenvalue weighted by Gasteiger charge is -2.29. The maximum Gasteiger partial charge on any atom is 0.329 e. The number of carboxylic acids is 1. The molecule has 2 rings (SSSR count). The lowest BCUT2D eigenvalue weighted by atomic mass is 10.0. The standard InChI is InChI=1S/C11H10N2O4/c1-11(2,10(16)17)13-8(14)6-3-4-12-5-7(6)9(13)15/h3-5H,1-2H3,(H,16,17). The first kappa shape index (κ1) is 11.3. The maximum absolute atomic E-state index is 12.0. The average molecular weight is 234 g/mol. The number of carbonyl (C=O) groups is 3. The van der Waals surface area contributed by atoms with Crippen LogP contribution in [0.2, 0.25) is 0 Å². The number of aliphatic carboxylic acids is 1. The highest BCUT2D eigenvalue weighted by Gasteiger charge is 2.48. The van der Waals surface area contributed by atoms with E-state index in [-0.39, 0.29) is 11.1 Å². The van der Waals surface area contributed by atoms with Crippen LogP contribution in [-0.4, -0.2) is 38.3 Å². The minimum Gasteiger partial charge on any atom is -0.480 e. The summed E-state index contributed by atoms with van der Waals surface area (Å²) in [5.41, 5.74) is -1.24. The van der Waals surface area contributed by atoms with Gasteiger partial charge in [0.05, 0.1) is 11.1 Å². The third-order valence-corrected chi connectivity index (χ3v) is 2.77. The number of hydrogen-bond acceptors (Lipinski definition) is 4. The third-order valence-electron chi connectivity index (χ3n) is 2.77. The molecule has 1 aliphatic heterocycles. The highest BCUT2D eigenvalue weighted by Crippen LogP contribution is 2.28. The van der Waals surface area contributed by atoms with Crippen molar-refractivity contribution in [2.24, 2.45) is 0 Å². The van der Waals surface area contributed by atoms with Gasteiger partial charge in [-0.25, -0.2) is 4.79 Å². The normalized spacial score (nSPS) is 15.1. The smallest absolute Gasteiger partial charge is 0.329 e. The Hall–Kier alpha value is -2.24. The van der Waals surface area contributed by atoms with E-state index in [1.807, 2.05) is 0 Å². The molecule has 0 bridgehead atoms. The Morgan fingerprint density at radius 2 is 1.88 bits per heavy atom. The van der Waals surface area contributed by atoms with E-state index in [0.717, 1.165) is 4.90 Å². The van der Waals surface area contributed by atoms with Gasteiger partial charge in [-0.15, -0.1) is 0 Å². The van der Waals surface area contributed by atoms with E-state index in [1.165, 1.54) is 32.3 Å². The first-order valence-electron chi connectivity index (χ1n) is 4.93. The molecule has 0 unspecified atom stereocenters. The maximum atomic E-state index is 12.0. The van der Waals surface area contributed by atoms with E-state index < -0.39 is 23.3 Å². The summed E-state index contributed by atoms with van der Waals surface area (Å²) in [6.07, 6.45) is 2.66. The molecular formula is C11H10N2O4. The lowest BCUT2D eigenvalue weighted by molar-refractivity contribution is -0.146. The molecule has 1 N–H and O–H groups in total. The Morgan fingerprint density at radius 1 is 1.29 bits per heavy atom. The average Bonchev–Trinajstić information content (AvgIpc) is 2.52. The molecule has 1 aromatic rings. The van der Waals surface area contributed by atoms with Gasteiger partial charge in [-0.2, -0.15) is 0 Å². The van der Waals surface area contributed by atoms with E-state index >= 15 is 0 Å². The molecule has 6 heteroatoms. The van der Waals surface area contributed by atoms with Gasteiger partial charge < -0.3 is 5.11 Å². The molecule has 0 aromatic carbocycles. The fraction of sp³-hybridized carbons (Fsp3) is 0.273. The number of carbonyl (C=O) groups excluding carboxylic acids is 2. The largest absolute Gasteiger partial charge is 0.480 e. The number of nitrogens with zero attached hydrogens (tertiary/aromatic N) is 2. The molecule has 88 valence electrons. The van der Waals surface area contributed by atoms with Crippen LogP contribution in [0.15, 0.2) is 18.5 Å². The summed E-state index contributed by atoms with van der Waals surface area (Å²) in [6, 6.07) is 1.41. The van der Waals surface area contributed by atoms with Crippen LogP contribution in [0.1, 0.15) is 34.6 Å². The van der Waals surface area contributed by atoms with Crippen LogP contribution < -0.4 is 0 Å². The summed E-state index contributed by atoms with van der Waals surface area (Å²) in [6.45, 7) is 2.62. The number of fused-ring (bicyclic) bond motifs is 1. The fourth-order valence-electron chi connectivity index (χ4n) is 1.69. The zero-order valence-corrected chi connectivity index (χ0v) is 9.30. The molecular weight excluding hydrogens is 224 g/mol.